The van der Waals surface area contributed by atoms with Crippen LogP contribution in [0.1, 0.15) is 54.4 Å². The number of hydrogen-bond donors (Lipinski definition) is 0. The van der Waals surface area contributed by atoms with Crippen molar-refractivity contribution in [3.8, 4) is 0 Å². The maximum absolute atomic E-state index is 12.2. The van der Waals surface area contributed by atoms with E-state index in [-0.39, 0.29) is 24.1 Å². The number of hydrogen-bond acceptors (Lipinski definition) is 3. The molecule has 0 unspecified atom stereocenters. The Balaban J connectivity index is 2.78. The van der Waals surface area contributed by atoms with Crippen molar-refractivity contribution in [1.82, 2.24) is 9.80 Å². The summed E-state index contributed by atoms with van der Waals surface area (Å²) in [5, 5.41) is 0. The molecule has 0 N–H and O–H groups in total. The molecular weight excluding hydrogens is 256 g/mol. The molecule has 5 nitrogen and oxygen atoms in total. The van der Waals surface area contributed by atoms with Crippen molar-refractivity contribution in [2.45, 2.75) is 72.1 Å². The number of ether oxygens (including phenoxy) is 1. The number of amides is 2. The first-order valence-corrected chi connectivity index (χ1v) is 7.48. The Hall–Kier alpha value is -1.26. The van der Waals surface area contributed by atoms with E-state index in [0.29, 0.717) is 19.5 Å². The second kappa shape index (κ2) is 6.46. The van der Waals surface area contributed by atoms with E-state index in [9.17, 15) is 9.59 Å². The Morgan fingerprint density at radius 1 is 1.15 bits per heavy atom. The molecule has 0 radical (unpaired) electrons. The second-order valence-corrected chi connectivity index (χ2v) is 6.44. The Kier molecular flexibility index (Phi) is 5.42. The number of carbonyl (C=O) groups is 2. The molecule has 2 atom stereocenters. The molecule has 1 rings (SSSR count). The first kappa shape index (κ1) is 16.8. The first-order chi connectivity index (χ1) is 9.19. The molecule has 0 aromatic heterocycles. The average Bonchev–Trinajstić information content (AvgIpc) is 2.35. The zero-order valence-electron chi connectivity index (χ0n) is 13.6. The van der Waals surface area contributed by atoms with Gasteiger partial charge < -0.3 is 14.5 Å². The van der Waals surface area contributed by atoms with Crippen molar-refractivity contribution in [2.24, 2.45) is 0 Å². The molecule has 5 heteroatoms. The number of piperazine rings is 1. The quantitative estimate of drug-likeness (QED) is 0.783. The third kappa shape index (κ3) is 4.12. The lowest BCUT2D eigenvalue weighted by Gasteiger charge is -2.45. The smallest absolute Gasteiger partial charge is 0.410 e. The molecule has 0 bridgehead atoms. The summed E-state index contributed by atoms with van der Waals surface area (Å²) in [5.41, 5.74) is -0.491. The van der Waals surface area contributed by atoms with Crippen LogP contribution in [0.3, 0.4) is 0 Å². The van der Waals surface area contributed by atoms with E-state index in [1.165, 1.54) is 0 Å². The molecule has 0 aromatic carbocycles. The molecule has 1 heterocycles. The zero-order valence-corrected chi connectivity index (χ0v) is 13.6. The van der Waals surface area contributed by atoms with Crippen LogP contribution in [0.25, 0.3) is 0 Å². The predicted molar refractivity (Wildman–Crippen MR) is 78.5 cm³/mol. The summed E-state index contributed by atoms with van der Waals surface area (Å²) in [6.07, 6.45) is 1.07. The van der Waals surface area contributed by atoms with Gasteiger partial charge >= 0.3 is 6.09 Å². The average molecular weight is 284 g/mol. The SMILES string of the molecule is CCC(=O)N1C[C@H](C)N(C(=O)OC(C)(C)C)C[C@H]1CC. The van der Waals surface area contributed by atoms with Gasteiger partial charge in [0, 0.05) is 31.6 Å². The Morgan fingerprint density at radius 3 is 2.20 bits per heavy atom. The van der Waals surface area contributed by atoms with E-state index in [0.717, 1.165) is 6.42 Å². The van der Waals surface area contributed by atoms with Crippen LogP contribution in [0.15, 0.2) is 0 Å². The molecule has 1 fully saturated rings. The van der Waals surface area contributed by atoms with Crippen molar-refractivity contribution >= 4 is 12.0 Å². The lowest BCUT2D eigenvalue weighted by molar-refractivity contribution is -0.137. The number of carbonyl (C=O) groups excluding carboxylic acids is 2. The number of nitrogens with zero attached hydrogens (tertiary/aromatic N) is 2. The Labute approximate surface area is 122 Å². The van der Waals surface area contributed by atoms with E-state index in [1.54, 1.807) is 4.90 Å². The Bertz CT molecular complexity index is 363. The standard InChI is InChI=1S/C15H28N2O3/c1-7-12-10-16(14(19)20-15(4,5)6)11(3)9-17(12)13(18)8-2/h11-12H,7-10H2,1-6H3/t11-,12+/m0/s1. The van der Waals surface area contributed by atoms with Crippen molar-refractivity contribution in [3.05, 3.63) is 0 Å². The van der Waals surface area contributed by atoms with Crippen molar-refractivity contribution in [2.75, 3.05) is 13.1 Å². The fourth-order valence-corrected chi connectivity index (χ4v) is 2.47. The van der Waals surface area contributed by atoms with Crippen LogP contribution in [0.2, 0.25) is 0 Å². The highest BCUT2D eigenvalue weighted by atomic mass is 16.6. The van der Waals surface area contributed by atoms with Gasteiger partial charge in [0.25, 0.3) is 0 Å². The van der Waals surface area contributed by atoms with Gasteiger partial charge in [0.05, 0.1) is 0 Å². The minimum absolute atomic E-state index is 0.0110. The summed E-state index contributed by atoms with van der Waals surface area (Å²) in [6.45, 7) is 12.6. The fourth-order valence-electron chi connectivity index (χ4n) is 2.47. The summed E-state index contributed by atoms with van der Waals surface area (Å²) >= 11 is 0. The normalized spacial score (nSPS) is 23.7. The van der Waals surface area contributed by atoms with Gasteiger partial charge in [-0.25, -0.2) is 4.79 Å². The molecule has 0 saturated carbocycles. The highest BCUT2D eigenvalue weighted by Gasteiger charge is 2.36. The third-order valence-electron chi connectivity index (χ3n) is 3.56. The molecule has 20 heavy (non-hydrogen) atoms. The van der Waals surface area contributed by atoms with Crippen molar-refractivity contribution in [3.63, 3.8) is 0 Å². The van der Waals surface area contributed by atoms with E-state index in [1.807, 2.05) is 46.4 Å². The summed E-state index contributed by atoms with van der Waals surface area (Å²) in [7, 11) is 0. The first-order valence-electron chi connectivity index (χ1n) is 7.48. The van der Waals surface area contributed by atoms with E-state index in [4.69, 9.17) is 4.74 Å². The van der Waals surface area contributed by atoms with Crippen LogP contribution in [-0.4, -0.2) is 52.6 Å². The van der Waals surface area contributed by atoms with Crippen LogP contribution >= 0.6 is 0 Å². The van der Waals surface area contributed by atoms with Gasteiger partial charge in [-0.3, -0.25) is 4.79 Å². The lowest BCUT2D eigenvalue weighted by atomic mass is 10.1. The van der Waals surface area contributed by atoms with E-state index < -0.39 is 5.60 Å². The molecule has 0 aliphatic carbocycles. The molecule has 0 aromatic rings. The molecular formula is C15H28N2O3. The molecule has 2 amide bonds. The lowest BCUT2D eigenvalue weighted by Crippen LogP contribution is -2.60. The third-order valence-corrected chi connectivity index (χ3v) is 3.56. The van der Waals surface area contributed by atoms with Gasteiger partial charge in [-0.2, -0.15) is 0 Å². The molecule has 1 aliphatic rings. The predicted octanol–water partition coefficient (Wildman–Crippen LogP) is 2.64. The van der Waals surface area contributed by atoms with Crippen LogP contribution in [0, 0.1) is 0 Å². The molecule has 1 aliphatic heterocycles. The van der Waals surface area contributed by atoms with Gasteiger partial charge in [0.15, 0.2) is 0 Å². The maximum atomic E-state index is 12.2. The van der Waals surface area contributed by atoms with Gasteiger partial charge in [-0.1, -0.05) is 13.8 Å². The highest BCUT2D eigenvalue weighted by Crippen LogP contribution is 2.21. The van der Waals surface area contributed by atoms with Crippen LogP contribution in [-0.2, 0) is 9.53 Å². The Morgan fingerprint density at radius 2 is 1.75 bits per heavy atom. The van der Waals surface area contributed by atoms with Crippen LogP contribution in [0.4, 0.5) is 4.79 Å². The van der Waals surface area contributed by atoms with Crippen molar-refractivity contribution in [1.29, 1.82) is 0 Å². The van der Waals surface area contributed by atoms with E-state index >= 15 is 0 Å². The van der Waals surface area contributed by atoms with Crippen LogP contribution < -0.4 is 0 Å². The largest absolute Gasteiger partial charge is 0.444 e. The van der Waals surface area contributed by atoms with Gasteiger partial charge in [0.1, 0.15) is 5.60 Å². The number of rotatable bonds is 2. The minimum atomic E-state index is -0.491. The monoisotopic (exact) mass is 284 g/mol. The van der Waals surface area contributed by atoms with E-state index in [2.05, 4.69) is 0 Å². The summed E-state index contributed by atoms with van der Waals surface area (Å²) in [5.74, 6) is 0.160. The second-order valence-electron chi connectivity index (χ2n) is 6.44. The minimum Gasteiger partial charge on any atom is -0.444 e. The summed E-state index contributed by atoms with van der Waals surface area (Å²) < 4.78 is 5.45. The molecule has 0 spiro atoms. The zero-order chi connectivity index (χ0) is 15.5. The maximum Gasteiger partial charge on any atom is 0.410 e. The highest BCUT2D eigenvalue weighted by molar-refractivity contribution is 5.77. The van der Waals surface area contributed by atoms with Gasteiger partial charge in [-0.15, -0.1) is 0 Å². The van der Waals surface area contributed by atoms with Crippen molar-refractivity contribution < 1.29 is 14.3 Å². The van der Waals surface area contributed by atoms with Crippen LogP contribution in [0.5, 0.6) is 0 Å². The summed E-state index contributed by atoms with van der Waals surface area (Å²) in [6, 6.07) is 0.0781. The molecule has 1 saturated heterocycles. The van der Waals surface area contributed by atoms with Gasteiger partial charge in [-0.05, 0) is 34.1 Å². The molecule has 116 valence electrons. The fraction of sp³-hybridized carbons (Fsp3) is 0.867. The van der Waals surface area contributed by atoms with Gasteiger partial charge in [0.2, 0.25) is 5.91 Å². The topological polar surface area (TPSA) is 49.9 Å². The summed E-state index contributed by atoms with van der Waals surface area (Å²) in [4.78, 5) is 27.9.